The summed E-state index contributed by atoms with van der Waals surface area (Å²) in [5.41, 5.74) is 0.340. The number of aromatic nitrogens is 2. The van der Waals surface area contributed by atoms with Crippen molar-refractivity contribution in [3.63, 3.8) is 0 Å². The van der Waals surface area contributed by atoms with Gasteiger partial charge in [-0.05, 0) is 57.7 Å². The minimum Gasteiger partial charge on any atom is -0.466 e. The third-order valence-electron chi connectivity index (χ3n) is 5.54. The molecule has 0 N–H and O–H groups in total. The topological polar surface area (TPSA) is 64.4 Å². The summed E-state index contributed by atoms with van der Waals surface area (Å²) in [6.45, 7) is 6.75. The average Bonchev–Trinajstić information content (AvgIpc) is 3.10. The molecule has 6 nitrogen and oxygen atoms in total. The molecule has 1 amide bonds. The minimum atomic E-state index is -1.09. The van der Waals surface area contributed by atoms with Crippen molar-refractivity contribution in [1.82, 2.24) is 14.7 Å². The van der Waals surface area contributed by atoms with E-state index in [2.05, 4.69) is 5.10 Å². The van der Waals surface area contributed by atoms with E-state index >= 15 is 0 Å². The molecule has 30 heavy (non-hydrogen) atoms. The number of esters is 1. The summed E-state index contributed by atoms with van der Waals surface area (Å²) in [6, 6.07) is 5.06. The zero-order valence-electron chi connectivity index (χ0n) is 17.6. The number of amides is 1. The smallest absolute Gasteiger partial charge is 0.314 e. The molecule has 2 heterocycles. The normalized spacial score (nSPS) is 19.0. The van der Waals surface area contributed by atoms with Gasteiger partial charge >= 0.3 is 5.97 Å². The summed E-state index contributed by atoms with van der Waals surface area (Å²) in [6.07, 6.45) is 1.07. The molecule has 0 aliphatic carbocycles. The summed E-state index contributed by atoms with van der Waals surface area (Å²) >= 11 is 0. The Morgan fingerprint density at radius 3 is 2.67 bits per heavy atom. The third-order valence-corrected chi connectivity index (χ3v) is 5.54. The van der Waals surface area contributed by atoms with E-state index in [1.807, 2.05) is 13.8 Å². The first-order valence-corrected chi connectivity index (χ1v) is 10.2. The zero-order valence-corrected chi connectivity index (χ0v) is 17.6. The highest BCUT2D eigenvalue weighted by Crippen LogP contribution is 2.36. The number of carbonyl (C=O) groups excluding carboxylic acids is 2. The van der Waals surface area contributed by atoms with Crippen molar-refractivity contribution < 1.29 is 23.1 Å². The second-order valence-electron chi connectivity index (χ2n) is 7.73. The number of hydrogen-bond donors (Lipinski definition) is 0. The van der Waals surface area contributed by atoms with Gasteiger partial charge in [0.25, 0.3) is 5.91 Å². The fourth-order valence-electron chi connectivity index (χ4n) is 4.12. The quantitative estimate of drug-likeness (QED) is 0.672. The van der Waals surface area contributed by atoms with Crippen LogP contribution in [-0.2, 0) is 22.5 Å². The van der Waals surface area contributed by atoms with Crippen LogP contribution in [0.15, 0.2) is 24.3 Å². The molecule has 2 aromatic rings. The number of piperidine rings is 1. The molecule has 3 rings (SSSR count). The maximum Gasteiger partial charge on any atom is 0.314 e. The van der Waals surface area contributed by atoms with Gasteiger partial charge in [0.2, 0.25) is 0 Å². The number of halogens is 2. The first-order chi connectivity index (χ1) is 14.3. The Balaban J connectivity index is 1.92. The standard InChI is InChI=1S/C22H27F2N3O3/c1-4-27-19(11-15(3)25-27)20(28)26-10-6-9-22(14-26,21(29)30-5-2)13-16-7-8-17(23)12-18(16)24/h7-8,11-12H,4-6,9-10,13-14H2,1-3H3. The van der Waals surface area contributed by atoms with Crippen LogP contribution in [0.2, 0.25) is 0 Å². The van der Waals surface area contributed by atoms with Gasteiger partial charge in [-0.2, -0.15) is 5.10 Å². The van der Waals surface area contributed by atoms with E-state index < -0.39 is 23.0 Å². The summed E-state index contributed by atoms with van der Waals surface area (Å²) in [5, 5.41) is 4.33. The second kappa shape index (κ2) is 8.93. The molecule has 8 heteroatoms. The second-order valence-corrected chi connectivity index (χ2v) is 7.73. The molecule has 0 spiro atoms. The van der Waals surface area contributed by atoms with Gasteiger partial charge in [0.15, 0.2) is 0 Å². The zero-order chi connectivity index (χ0) is 21.9. The lowest BCUT2D eigenvalue weighted by atomic mass is 9.74. The molecule has 0 saturated carbocycles. The van der Waals surface area contributed by atoms with Crippen LogP contribution in [-0.4, -0.2) is 46.3 Å². The molecule has 1 fully saturated rings. The Bertz CT molecular complexity index is 944. The molecule has 1 aliphatic heterocycles. The van der Waals surface area contributed by atoms with Gasteiger partial charge in [-0.3, -0.25) is 14.3 Å². The van der Waals surface area contributed by atoms with E-state index in [9.17, 15) is 18.4 Å². The first kappa shape index (κ1) is 21.9. The lowest BCUT2D eigenvalue weighted by Gasteiger charge is -2.41. The van der Waals surface area contributed by atoms with Crippen LogP contribution in [0.25, 0.3) is 0 Å². The van der Waals surface area contributed by atoms with Crippen LogP contribution in [0.3, 0.4) is 0 Å². The number of nitrogens with zero attached hydrogens (tertiary/aromatic N) is 3. The van der Waals surface area contributed by atoms with Gasteiger partial charge < -0.3 is 9.64 Å². The molecule has 0 radical (unpaired) electrons. The summed E-state index contributed by atoms with van der Waals surface area (Å²) in [5.74, 6) is -2.07. The molecule has 1 saturated heterocycles. The van der Waals surface area contributed by atoms with Crippen molar-refractivity contribution >= 4 is 11.9 Å². The van der Waals surface area contributed by atoms with E-state index in [1.54, 1.807) is 22.6 Å². The van der Waals surface area contributed by atoms with E-state index in [0.29, 0.717) is 31.6 Å². The number of carbonyl (C=O) groups is 2. The van der Waals surface area contributed by atoms with Gasteiger partial charge in [-0.25, -0.2) is 8.78 Å². The summed E-state index contributed by atoms with van der Waals surface area (Å²) in [7, 11) is 0. The monoisotopic (exact) mass is 419 g/mol. The Labute approximate surface area is 174 Å². The molecular formula is C22H27F2N3O3. The highest BCUT2D eigenvalue weighted by molar-refractivity contribution is 5.93. The maximum atomic E-state index is 14.4. The number of aryl methyl sites for hydroxylation is 2. The SMILES string of the molecule is CCOC(=O)C1(Cc2ccc(F)cc2F)CCCN(C(=O)c2cc(C)nn2CC)C1. The van der Waals surface area contributed by atoms with Gasteiger partial charge in [-0.1, -0.05) is 6.07 Å². The average molecular weight is 419 g/mol. The Kier molecular flexibility index (Phi) is 6.53. The van der Waals surface area contributed by atoms with Gasteiger partial charge in [0, 0.05) is 25.7 Å². The molecule has 1 unspecified atom stereocenters. The number of rotatable bonds is 6. The molecule has 162 valence electrons. The molecule has 0 bridgehead atoms. The van der Waals surface area contributed by atoms with Crippen molar-refractivity contribution in [1.29, 1.82) is 0 Å². The number of ether oxygens (including phenoxy) is 1. The summed E-state index contributed by atoms with van der Waals surface area (Å²) in [4.78, 5) is 27.8. The van der Waals surface area contributed by atoms with Crippen LogP contribution in [0.4, 0.5) is 8.78 Å². The lowest BCUT2D eigenvalue weighted by molar-refractivity contribution is -0.158. The molecule has 1 atom stereocenters. The van der Waals surface area contributed by atoms with Gasteiger partial charge in [-0.15, -0.1) is 0 Å². The third kappa shape index (κ3) is 4.37. The van der Waals surface area contributed by atoms with Crippen molar-refractivity contribution in [2.24, 2.45) is 5.41 Å². The van der Waals surface area contributed by atoms with Gasteiger partial charge in [0.05, 0.1) is 17.7 Å². The van der Waals surface area contributed by atoms with Crippen LogP contribution in [0, 0.1) is 24.0 Å². The van der Waals surface area contributed by atoms with Crippen molar-refractivity contribution in [2.45, 2.75) is 46.6 Å². The molecule has 1 aliphatic rings. The molecule has 1 aromatic heterocycles. The van der Waals surface area contributed by atoms with Crippen LogP contribution in [0.1, 0.15) is 48.4 Å². The van der Waals surface area contributed by atoms with E-state index in [4.69, 9.17) is 4.74 Å². The van der Waals surface area contributed by atoms with Gasteiger partial charge in [0.1, 0.15) is 17.3 Å². The van der Waals surface area contributed by atoms with E-state index in [-0.39, 0.29) is 31.0 Å². The molecule has 1 aromatic carbocycles. The van der Waals surface area contributed by atoms with Crippen molar-refractivity contribution in [3.05, 3.63) is 52.9 Å². The Morgan fingerprint density at radius 1 is 1.23 bits per heavy atom. The Morgan fingerprint density at radius 2 is 2.00 bits per heavy atom. The number of likely N-dealkylation sites (tertiary alicyclic amines) is 1. The summed E-state index contributed by atoms with van der Waals surface area (Å²) < 4.78 is 34.6. The van der Waals surface area contributed by atoms with Crippen molar-refractivity contribution in [3.8, 4) is 0 Å². The number of benzene rings is 1. The highest BCUT2D eigenvalue weighted by atomic mass is 19.1. The fourth-order valence-corrected chi connectivity index (χ4v) is 4.12. The van der Waals surface area contributed by atoms with Crippen molar-refractivity contribution in [2.75, 3.05) is 19.7 Å². The largest absolute Gasteiger partial charge is 0.466 e. The van der Waals surface area contributed by atoms with Crippen LogP contribution >= 0.6 is 0 Å². The molecular weight excluding hydrogens is 392 g/mol. The van der Waals surface area contributed by atoms with E-state index in [1.165, 1.54) is 12.1 Å². The van der Waals surface area contributed by atoms with Crippen LogP contribution < -0.4 is 0 Å². The number of hydrogen-bond acceptors (Lipinski definition) is 4. The predicted molar refractivity (Wildman–Crippen MR) is 107 cm³/mol. The minimum absolute atomic E-state index is 0.0355. The fraction of sp³-hybridized carbons (Fsp3) is 0.500. The Hall–Kier alpha value is -2.77. The maximum absolute atomic E-state index is 14.4. The lowest BCUT2D eigenvalue weighted by Crippen LogP contribution is -2.52. The van der Waals surface area contributed by atoms with E-state index in [0.717, 1.165) is 11.8 Å². The first-order valence-electron chi connectivity index (χ1n) is 10.2. The predicted octanol–water partition coefficient (Wildman–Crippen LogP) is 3.52. The highest BCUT2D eigenvalue weighted by Gasteiger charge is 2.45. The van der Waals surface area contributed by atoms with Crippen LogP contribution in [0.5, 0.6) is 0 Å².